The van der Waals surface area contributed by atoms with Crippen LogP contribution in [-0.4, -0.2) is 24.8 Å². The van der Waals surface area contributed by atoms with Crippen molar-refractivity contribution in [2.24, 2.45) is 7.05 Å². The van der Waals surface area contributed by atoms with Gasteiger partial charge in [-0.3, -0.25) is 0 Å². The van der Waals surface area contributed by atoms with E-state index in [4.69, 9.17) is 10.00 Å². The van der Waals surface area contributed by atoms with E-state index in [0.717, 1.165) is 22.4 Å². The van der Waals surface area contributed by atoms with Crippen molar-refractivity contribution in [3.05, 3.63) is 87.8 Å². The van der Waals surface area contributed by atoms with Crippen molar-refractivity contribution >= 4 is 0 Å². The molecule has 0 saturated heterocycles. The maximum Gasteiger partial charge on any atom is 0.368 e. The Balaban J connectivity index is 1.61. The van der Waals surface area contributed by atoms with Crippen LogP contribution in [0.1, 0.15) is 16.7 Å². The molecule has 0 unspecified atom stereocenters. The molecule has 2 aromatic heterocycles. The van der Waals surface area contributed by atoms with Gasteiger partial charge in [-0.05, 0) is 47.2 Å². The fraction of sp³-hybridized carbons (Fsp3) is 0.136. The number of pyridine rings is 1. The Labute approximate surface area is 172 Å². The minimum atomic E-state index is -0.331. The average Bonchev–Trinajstić information content (AvgIpc) is 3.11. The summed E-state index contributed by atoms with van der Waals surface area (Å²) in [5.74, 6) is 0.456. The molecule has 0 amide bonds. The second kappa shape index (κ2) is 8.01. The van der Waals surface area contributed by atoms with Crippen LogP contribution in [0.5, 0.6) is 5.88 Å². The Hall–Kier alpha value is -4.25. The lowest BCUT2D eigenvalue weighted by Gasteiger charge is -2.13. The van der Waals surface area contributed by atoms with Gasteiger partial charge in [-0.15, -0.1) is 0 Å². The van der Waals surface area contributed by atoms with E-state index in [2.05, 4.69) is 21.5 Å². The summed E-state index contributed by atoms with van der Waals surface area (Å²) in [4.78, 5) is 16.8. The van der Waals surface area contributed by atoms with Gasteiger partial charge in [-0.25, -0.2) is 9.78 Å². The van der Waals surface area contributed by atoms with Crippen molar-refractivity contribution in [2.45, 2.75) is 13.5 Å². The molecule has 0 atom stereocenters. The molecule has 0 bridgehead atoms. The minimum absolute atomic E-state index is 0.217. The molecule has 30 heavy (non-hydrogen) atoms. The summed E-state index contributed by atoms with van der Waals surface area (Å²) in [6.45, 7) is 2.17. The number of ether oxygens (including phenoxy) is 1. The van der Waals surface area contributed by atoms with E-state index < -0.39 is 0 Å². The Kier molecular flexibility index (Phi) is 5.09. The number of rotatable bonds is 5. The highest BCUT2D eigenvalue weighted by Gasteiger charge is 2.14. The van der Waals surface area contributed by atoms with E-state index in [-0.39, 0.29) is 12.3 Å². The van der Waals surface area contributed by atoms with Crippen molar-refractivity contribution in [2.75, 3.05) is 0 Å². The first kappa shape index (κ1) is 19.1. The summed E-state index contributed by atoms with van der Waals surface area (Å²) < 4.78 is 8.39. The first-order valence-corrected chi connectivity index (χ1v) is 9.25. The molecular formula is C22H18N6O2. The van der Waals surface area contributed by atoms with Gasteiger partial charge in [0.25, 0.3) is 0 Å². The molecule has 0 N–H and O–H groups in total. The Morgan fingerprint density at radius 3 is 2.50 bits per heavy atom. The number of hydrogen-bond donors (Lipinski definition) is 0. The zero-order valence-corrected chi connectivity index (χ0v) is 16.5. The first-order chi connectivity index (χ1) is 14.6. The number of benzene rings is 2. The van der Waals surface area contributed by atoms with Crippen LogP contribution in [0.3, 0.4) is 0 Å². The fourth-order valence-electron chi connectivity index (χ4n) is 3.06. The molecule has 8 nitrogen and oxygen atoms in total. The third-order valence-corrected chi connectivity index (χ3v) is 4.73. The maximum absolute atomic E-state index is 12.3. The number of nitriles is 1. The lowest BCUT2D eigenvalue weighted by Crippen LogP contribution is -2.23. The summed E-state index contributed by atoms with van der Waals surface area (Å²) in [7, 11) is 1.55. The SMILES string of the molecule is Cc1cccc(-n2nnn(C)c2=O)c1COc1cccc(-c2ccc(C#N)cc2)n1. The van der Waals surface area contributed by atoms with E-state index >= 15 is 0 Å². The second-order valence-corrected chi connectivity index (χ2v) is 6.71. The molecule has 4 aromatic rings. The van der Waals surface area contributed by atoms with Crippen molar-refractivity contribution in [1.29, 1.82) is 5.26 Å². The fourth-order valence-corrected chi connectivity index (χ4v) is 3.06. The predicted molar refractivity (Wildman–Crippen MR) is 110 cm³/mol. The zero-order chi connectivity index (χ0) is 21.1. The number of aryl methyl sites for hydroxylation is 2. The predicted octanol–water partition coefficient (Wildman–Crippen LogP) is 2.79. The maximum atomic E-state index is 12.3. The highest BCUT2D eigenvalue weighted by atomic mass is 16.5. The standard InChI is InChI=1S/C22H18N6O2/c1-15-5-3-7-20(28-22(29)27(2)25-26-28)18(15)14-30-21-8-4-6-19(24-21)17-11-9-16(13-23)10-12-17/h3-12H,14H2,1-2H3. The van der Waals surface area contributed by atoms with Crippen LogP contribution in [0.15, 0.2) is 65.5 Å². The molecule has 148 valence electrons. The van der Waals surface area contributed by atoms with Gasteiger partial charge in [0.05, 0.1) is 23.0 Å². The minimum Gasteiger partial charge on any atom is -0.473 e. The molecule has 2 aromatic carbocycles. The average molecular weight is 398 g/mol. The summed E-state index contributed by atoms with van der Waals surface area (Å²) >= 11 is 0. The third kappa shape index (κ3) is 3.69. The van der Waals surface area contributed by atoms with E-state index in [9.17, 15) is 4.79 Å². The van der Waals surface area contributed by atoms with Crippen LogP contribution in [0.4, 0.5) is 0 Å². The lowest BCUT2D eigenvalue weighted by atomic mass is 10.1. The molecule has 0 radical (unpaired) electrons. The normalized spacial score (nSPS) is 10.6. The van der Waals surface area contributed by atoms with Gasteiger partial charge >= 0.3 is 5.69 Å². The summed E-state index contributed by atoms with van der Waals surface area (Å²) in [6.07, 6.45) is 0. The van der Waals surface area contributed by atoms with E-state index in [1.165, 1.54) is 9.36 Å². The number of hydrogen-bond acceptors (Lipinski definition) is 6. The molecule has 0 aliphatic rings. The topological polar surface area (TPSA) is 98.6 Å². The molecule has 0 saturated carbocycles. The van der Waals surface area contributed by atoms with Crippen LogP contribution in [-0.2, 0) is 13.7 Å². The molecular weight excluding hydrogens is 380 g/mol. The molecule has 0 aliphatic carbocycles. The van der Waals surface area contributed by atoms with Crippen LogP contribution in [0.25, 0.3) is 16.9 Å². The molecule has 4 rings (SSSR count). The van der Waals surface area contributed by atoms with Gasteiger partial charge in [0, 0.05) is 24.2 Å². The van der Waals surface area contributed by atoms with Crippen molar-refractivity contribution in [3.63, 3.8) is 0 Å². The van der Waals surface area contributed by atoms with Gasteiger partial charge in [-0.1, -0.05) is 30.3 Å². The highest BCUT2D eigenvalue weighted by molar-refractivity contribution is 5.60. The first-order valence-electron chi connectivity index (χ1n) is 9.25. The zero-order valence-electron chi connectivity index (χ0n) is 16.5. The summed E-state index contributed by atoms with van der Waals surface area (Å²) in [6, 6.07) is 20.5. The molecule has 0 spiro atoms. The van der Waals surface area contributed by atoms with E-state index in [1.807, 2.05) is 49.4 Å². The Morgan fingerprint density at radius 2 is 1.80 bits per heavy atom. The van der Waals surface area contributed by atoms with Crippen LogP contribution >= 0.6 is 0 Å². The summed E-state index contributed by atoms with van der Waals surface area (Å²) in [5, 5.41) is 16.7. The van der Waals surface area contributed by atoms with Gasteiger partial charge in [0.1, 0.15) is 6.61 Å². The van der Waals surface area contributed by atoms with Crippen LogP contribution in [0.2, 0.25) is 0 Å². The van der Waals surface area contributed by atoms with Crippen LogP contribution < -0.4 is 10.4 Å². The monoisotopic (exact) mass is 398 g/mol. The number of nitrogens with zero attached hydrogens (tertiary/aromatic N) is 6. The van der Waals surface area contributed by atoms with Gasteiger partial charge in [-0.2, -0.15) is 14.6 Å². The van der Waals surface area contributed by atoms with Crippen molar-refractivity contribution in [3.8, 4) is 28.9 Å². The Bertz CT molecular complexity index is 1300. The van der Waals surface area contributed by atoms with E-state index in [0.29, 0.717) is 17.1 Å². The van der Waals surface area contributed by atoms with Gasteiger partial charge in [0.2, 0.25) is 5.88 Å². The summed E-state index contributed by atoms with van der Waals surface area (Å²) in [5.41, 5.74) is 4.31. The largest absolute Gasteiger partial charge is 0.473 e. The highest BCUT2D eigenvalue weighted by Crippen LogP contribution is 2.23. The molecule has 0 fully saturated rings. The molecule has 2 heterocycles. The third-order valence-electron chi connectivity index (χ3n) is 4.73. The van der Waals surface area contributed by atoms with Crippen LogP contribution in [0, 0.1) is 18.3 Å². The lowest BCUT2D eigenvalue weighted by molar-refractivity contribution is 0.293. The second-order valence-electron chi connectivity index (χ2n) is 6.71. The molecule has 0 aliphatic heterocycles. The van der Waals surface area contributed by atoms with Gasteiger partial charge < -0.3 is 4.74 Å². The quantitative estimate of drug-likeness (QED) is 0.513. The van der Waals surface area contributed by atoms with Crippen molar-refractivity contribution < 1.29 is 4.74 Å². The van der Waals surface area contributed by atoms with Gasteiger partial charge in [0.15, 0.2) is 0 Å². The smallest absolute Gasteiger partial charge is 0.368 e. The van der Waals surface area contributed by atoms with E-state index in [1.54, 1.807) is 25.2 Å². The number of aromatic nitrogens is 5. The Morgan fingerprint density at radius 1 is 1.03 bits per heavy atom. The molecule has 8 heteroatoms. The number of tetrazole rings is 1. The van der Waals surface area contributed by atoms with Crippen molar-refractivity contribution in [1.82, 2.24) is 24.8 Å².